The van der Waals surface area contributed by atoms with Crippen LogP contribution in [0.4, 0.5) is 4.79 Å². The fourth-order valence-corrected chi connectivity index (χ4v) is 1.00. The Morgan fingerprint density at radius 1 is 1.44 bits per heavy atom. The Kier molecular flexibility index (Phi) is 4.84. The van der Waals surface area contributed by atoms with Crippen LogP contribution < -0.4 is 10.6 Å². The van der Waals surface area contributed by atoms with Crippen LogP contribution in [0.1, 0.15) is 18.5 Å². The first-order valence-corrected chi connectivity index (χ1v) is 4.81. The van der Waals surface area contributed by atoms with E-state index in [-0.39, 0.29) is 19.0 Å². The average molecular weight is 227 g/mol. The van der Waals surface area contributed by atoms with Gasteiger partial charge in [0.1, 0.15) is 12.0 Å². The van der Waals surface area contributed by atoms with E-state index in [1.54, 1.807) is 6.07 Å². The molecule has 1 aromatic heterocycles. The molecule has 0 saturated heterocycles. The summed E-state index contributed by atoms with van der Waals surface area (Å²) in [5, 5.41) is 17.1. The predicted octanol–water partition coefficient (Wildman–Crippen LogP) is 0.339. The second kappa shape index (κ2) is 6.44. The summed E-state index contributed by atoms with van der Waals surface area (Å²) in [4.78, 5) is 21.3. The Morgan fingerprint density at radius 3 is 2.88 bits per heavy atom. The number of carbonyl (C=O) groups is 2. The summed E-state index contributed by atoms with van der Waals surface area (Å²) in [6.45, 7) is 0.609. The molecular weight excluding hydrogens is 214 g/mol. The van der Waals surface area contributed by atoms with Gasteiger partial charge >= 0.3 is 12.0 Å². The Hall–Kier alpha value is -2.05. The topological polar surface area (TPSA) is 104 Å². The van der Waals surface area contributed by atoms with Crippen molar-refractivity contribution in [1.29, 1.82) is 0 Å². The lowest BCUT2D eigenvalue weighted by Crippen LogP contribution is -2.35. The van der Waals surface area contributed by atoms with E-state index in [9.17, 15) is 9.59 Å². The highest BCUT2D eigenvalue weighted by molar-refractivity contribution is 5.73. The molecule has 7 heteroatoms. The van der Waals surface area contributed by atoms with E-state index in [2.05, 4.69) is 20.3 Å². The fraction of sp³-hybridized carbons (Fsp3) is 0.444. The third kappa shape index (κ3) is 4.99. The second-order valence-corrected chi connectivity index (χ2v) is 3.10. The van der Waals surface area contributed by atoms with Crippen LogP contribution in [-0.4, -0.2) is 28.8 Å². The monoisotopic (exact) mass is 227 g/mol. The maximum Gasteiger partial charge on any atom is 0.315 e. The standard InChI is InChI=1S/C9H13N3O4/c13-8(14)2-1-4-10-9(15)11-6-7-3-5-16-12-7/h3,5H,1-2,4,6H2,(H,13,14)(H2,10,11,15). The number of aliphatic carboxylic acids is 1. The number of nitrogens with one attached hydrogen (secondary N) is 2. The highest BCUT2D eigenvalue weighted by Crippen LogP contribution is 1.92. The summed E-state index contributed by atoms with van der Waals surface area (Å²) in [6, 6.07) is 1.29. The molecular formula is C9H13N3O4. The molecule has 0 fully saturated rings. The van der Waals surface area contributed by atoms with Crippen molar-refractivity contribution in [1.82, 2.24) is 15.8 Å². The Bertz CT molecular complexity index is 337. The van der Waals surface area contributed by atoms with Gasteiger partial charge in [-0.1, -0.05) is 5.16 Å². The summed E-state index contributed by atoms with van der Waals surface area (Å²) in [5.74, 6) is -0.871. The smallest absolute Gasteiger partial charge is 0.315 e. The summed E-state index contributed by atoms with van der Waals surface area (Å²) >= 11 is 0. The van der Waals surface area contributed by atoms with Gasteiger partial charge in [0.15, 0.2) is 0 Å². The highest BCUT2D eigenvalue weighted by atomic mass is 16.5. The number of aromatic nitrogens is 1. The van der Waals surface area contributed by atoms with Gasteiger partial charge < -0.3 is 20.3 Å². The van der Waals surface area contributed by atoms with Gasteiger partial charge in [-0.15, -0.1) is 0 Å². The minimum atomic E-state index is -0.871. The van der Waals surface area contributed by atoms with Gasteiger partial charge in [0.05, 0.1) is 6.54 Å². The van der Waals surface area contributed by atoms with Gasteiger partial charge in [-0.25, -0.2) is 4.79 Å². The van der Waals surface area contributed by atoms with Gasteiger partial charge in [0.2, 0.25) is 0 Å². The Labute approximate surface area is 91.8 Å². The predicted molar refractivity (Wildman–Crippen MR) is 53.6 cm³/mol. The summed E-state index contributed by atoms with van der Waals surface area (Å²) in [7, 11) is 0. The first-order valence-electron chi connectivity index (χ1n) is 4.81. The van der Waals surface area contributed by atoms with Crippen molar-refractivity contribution in [3.8, 4) is 0 Å². The van der Waals surface area contributed by atoms with E-state index in [0.29, 0.717) is 18.7 Å². The SMILES string of the molecule is O=C(O)CCCNC(=O)NCc1ccon1. The van der Waals surface area contributed by atoms with E-state index in [1.807, 2.05) is 0 Å². The lowest BCUT2D eigenvalue weighted by molar-refractivity contribution is -0.137. The van der Waals surface area contributed by atoms with E-state index in [0.717, 1.165) is 0 Å². The fourth-order valence-electron chi connectivity index (χ4n) is 1.00. The minimum Gasteiger partial charge on any atom is -0.481 e. The highest BCUT2D eigenvalue weighted by Gasteiger charge is 2.02. The first kappa shape index (κ1) is 12.0. The molecule has 3 N–H and O–H groups in total. The molecule has 2 amide bonds. The van der Waals surface area contributed by atoms with Crippen LogP contribution in [0.3, 0.4) is 0 Å². The first-order chi connectivity index (χ1) is 7.68. The Morgan fingerprint density at radius 2 is 2.25 bits per heavy atom. The molecule has 1 rings (SSSR count). The molecule has 0 aliphatic rings. The van der Waals surface area contributed by atoms with Crippen LogP contribution in [0.15, 0.2) is 16.9 Å². The molecule has 0 aliphatic heterocycles. The van der Waals surface area contributed by atoms with Gasteiger partial charge in [0.25, 0.3) is 0 Å². The molecule has 7 nitrogen and oxygen atoms in total. The molecule has 16 heavy (non-hydrogen) atoms. The number of rotatable bonds is 6. The molecule has 0 aromatic carbocycles. The van der Waals surface area contributed by atoms with E-state index in [1.165, 1.54) is 6.26 Å². The molecule has 1 heterocycles. The van der Waals surface area contributed by atoms with Crippen molar-refractivity contribution in [2.75, 3.05) is 6.54 Å². The zero-order valence-corrected chi connectivity index (χ0v) is 8.60. The number of hydrogen-bond donors (Lipinski definition) is 3. The van der Waals surface area contributed by atoms with Crippen molar-refractivity contribution >= 4 is 12.0 Å². The molecule has 1 aromatic rings. The van der Waals surface area contributed by atoms with E-state index in [4.69, 9.17) is 5.11 Å². The molecule has 0 spiro atoms. The third-order valence-electron chi connectivity index (χ3n) is 1.77. The number of carbonyl (C=O) groups excluding carboxylic acids is 1. The van der Waals surface area contributed by atoms with Crippen LogP contribution in [0.25, 0.3) is 0 Å². The average Bonchev–Trinajstić information content (AvgIpc) is 2.74. The van der Waals surface area contributed by atoms with Crippen molar-refractivity contribution in [2.24, 2.45) is 0 Å². The van der Waals surface area contributed by atoms with Crippen molar-refractivity contribution in [3.63, 3.8) is 0 Å². The lowest BCUT2D eigenvalue weighted by Gasteiger charge is -2.04. The molecule has 0 aliphatic carbocycles. The lowest BCUT2D eigenvalue weighted by atomic mass is 10.3. The molecule has 0 bridgehead atoms. The van der Waals surface area contributed by atoms with Crippen LogP contribution in [0, 0.1) is 0 Å². The Balaban J connectivity index is 2.05. The maximum absolute atomic E-state index is 11.2. The quantitative estimate of drug-likeness (QED) is 0.608. The normalized spacial score (nSPS) is 9.75. The van der Waals surface area contributed by atoms with Crippen LogP contribution >= 0.6 is 0 Å². The zero-order chi connectivity index (χ0) is 11.8. The maximum atomic E-state index is 11.2. The minimum absolute atomic E-state index is 0.0452. The van der Waals surface area contributed by atoms with Crippen LogP contribution in [0.5, 0.6) is 0 Å². The number of amides is 2. The number of carboxylic acid groups (broad SMARTS) is 1. The number of nitrogens with zero attached hydrogens (tertiary/aromatic N) is 1. The van der Waals surface area contributed by atoms with Crippen LogP contribution in [-0.2, 0) is 11.3 Å². The second-order valence-electron chi connectivity index (χ2n) is 3.10. The number of urea groups is 1. The molecule has 0 saturated carbocycles. The summed E-state index contributed by atoms with van der Waals surface area (Å²) in [5.41, 5.74) is 0.626. The van der Waals surface area contributed by atoms with E-state index < -0.39 is 5.97 Å². The van der Waals surface area contributed by atoms with Crippen molar-refractivity contribution in [3.05, 3.63) is 18.0 Å². The van der Waals surface area contributed by atoms with Crippen molar-refractivity contribution in [2.45, 2.75) is 19.4 Å². The number of hydrogen-bond acceptors (Lipinski definition) is 4. The van der Waals surface area contributed by atoms with E-state index >= 15 is 0 Å². The third-order valence-corrected chi connectivity index (χ3v) is 1.77. The summed E-state index contributed by atoms with van der Waals surface area (Å²) < 4.78 is 4.58. The van der Waals surface area contributed by atoms with Gasteiger partial charge in [0, 0.05) is 19.0 Å². The van der Waals surface area contributed by atoms with Crippen LogP contribution in [0.2, 0.25) is 0 Å². The molecule has 0 atom stereocenters. The van der Waals surface area contributed by atoms with Gasteiger partial charge in [-0.2, -0.15) is 0 Å². The molecule has 0 unspecified atom stereocenters. The molecule has 88 valence electrons. The van der Waals surface area contributed by atoms with Gasteiger partial charge in [-0.05, 0) is 6.42 Å². The van der Waals surface area contributed by atoms with Gasteiger partial charge in [-0.3, -0.25) is 4.79 Å². The number of carboxylic acids is 1. The largest absolute Gasteiger partial charge is 0.481 e. The summed E-state index contributed by atoms with van der Waals surface area (Å²) in [6.07, 6.45) is 1.87. The zero-order valence-electron chi connectivity index (χ0n) is 8.60. The molecule has 0 radical (unpaired) electrons. The van der Waals surface area contributed by atoms with Crippen molar-refractivity contribution < 1.29 is 19.2 Å².